The lowest BCUT2D eigenvalue weighted by atomic mass is 9.82. The van der Waals surface area contributed by atoms with Crippen molar-refractivity contribution in [2.24, 2.45) is 0 Å². The van der Waals surface area contributed by atoms with Crippen LogP contribution in [0.25, 0.3) is 0 Å². The lowest BCUT2D eigenvalue weighted by Crippen LogP contribution is -2.59. The van der Waals surface area contributed by atoms with Crippen LogP contribution in [0.15, 0.2) is 24.3 Å². The molecular formula is C21H31FN2O5S. The van der Waals surface area contributed by atoms with E-state index >= 15 is 0 Å². The molecule has 0 spiro atoms. The van der Waals surface area contributed by atoms with Crippen molar-refractivity contribution in [3.8, 4) is 0 Å². The number of rotatable bonds is 6. The molecule has 1 saturated heterocycles. The Hall–Kier alpha value is -1.71. The van der Waals surface area contributed by atoms with E-state index in [4.69, 9.17) is 9.47 Å². The largest absolute Gasteiger partial charge is 0.453 e. The average molecular weight is 443 g/mol. The number of nitrogens with one attached hydrogen (secondary N) is 1. The van der Waals surface area contributed by atoms with E-state index in [-0.39, 0.29) is 18.5 Å². The molecule has 1 aliphatic heterocycles. The van der Waals surface area contributed by atoms with E-state index in [0.717, 1.165) is 37.5 Å². The molecule has 1 aromatic carbocycles. The first-order valence-corrected chi connectivity index (χ1v) is 12.3. The number of ether oxygens (including phenoxy) is 2. The molecule has 2 atom stereocenters. The van der Waals surface area contributed by atoms with Crippen LogP contribution in [0.1, 0.15) is 50.0 Å². The Bertz CT molecular complexity index is 826. The lowest BCUT2D eigenvalue weighted by molar-refractivity contribution is -0.0245. The summed E-state index contributed by atoms with van der Waals surface area (Å²) in [6.45, 7) is 0.756. The predicted octanol–water partition coefficient (Wildman–Crippen LogP) is 3.02. The molecule has 1 aliphatic carbocycles. The van der Waals surface area contributed by atoms with Crippen molar-refractivity contribution in [1.82, 2.24) is 9.62 Å². The molecule has 168 valence electrons. The fourth-order valence-corrected chi connectivity index (χ4v) is 5.40. The van der Waals surface area contributed by atoms with Crippen LogP contribution in [-0.4, -0.2) is 64.1 Å². The summed E-state index contributed by atoms with van der Waals surface area (Å²) >= 11 is 0. The van der Waals surface area contributed by atoms with Crippen LogP contribution in [0, 0.1) is 5.82 Å². The number of hydrogen-bond acceptors (Lipinski definition) is 5. The number of halogens is 1. The number of amides is 1. The van der Waals surface area contributed by atoms with Gasteiger partial charge in [0.25, 0.3) is 0 Å². The number of hydrogen-bond donors (Lipinski definition) is 1. The van der Waals surface area contributed by atoms with E-state index < -0.39 is 28.2 Å². The van der Waals surface area contributed by atoms with Crippen molar-refractivity contribution in [2.75, 3.05) is 26.5 Å². The summed E-state index contributed by atoms with van der Waals surface area (Å²) in [5.74, 6) is 0.108. The van der Waals surface area contributed by atoms with Crippen LogP contribution in [0.4, 0.5) is 9.18 Å². The molecule has 3 rings (SSSR count). The fourth-order valence-electron chi connectivity index (χ4n) is 4.58. The highest BCUT2D eigenvalue weighted by Crippen LogP contribution is 2.34. The maximum absolute atomic E-state index is 13.5. The van der Waals surface area contributed by atoms with Gasteiger partial charge >= 0.3 is 6.09 Å². The second-order valence-electron chi connectivity index (χ2n) is 8.23. The first-order valence-electron chi connectivity index (χ1n) is 10.5. The number of benzene rings is 1. The maximum atomic E-state index is 13.5. The van der Waals surface area contributed by atoms with Gasteiger partial charge in [-0.3, -0.25) is 0 Å². The molecule has 7 nitrogen and oxygen atoms in total. The normalized spacial score (nSPS) is 27.6. The minimum absolute atomic E-state index is 0.0371. The molecule has 1 heterocycles. The van der Waals surface area contributed by atoms with E-state index in [9.17, 15) is 17.6 Å². The molecule has 1 N–H and O–H groups in total. The Morgan fingerprint density at radius 2 is 1.97 bits per heavy atom. The molecule has 0 aromatic heterocycles. The highest BCUT2D eigenvalue weighted by atomic mass is 32.2. The van der Waals surface area contributed by atoms with E-state index in [1.807, 2.05) is 6.07 Å². The van der Waals surface area contributed by atoms with E-state index in [1.54, 1.807) is 17.0 Å². The van der Waals surface area contributed by atoms with Gasteiger partial charge in [-0.2, -0.15) is 0 Å². The number of sulfonamides is 1. The Morgan fingerprint density at radius 1 is 1.23 bits per heavy atom. The third kappa shape index (κ3) is 6.15. The zero-order valence-corrected chi connectivity index (χ0v) is 18.4. The molecule has 0 unspecified atom stereocenters. The highest BCUT2D eigenvalue weighted by Gasteiger charge is 2.37. The maximum Gasteiger partial charge on any atom is 0.409 e. The van der Waals surface area contributed by atoms with E-state index in [1.165, 1.54) is 13.2 Å². The smallest absolute Gasteiger partial charge is 0.409 e. The van der Waals surface area contributed by atoms with Gasteiger partial charge in [0.05, 0.1) is 32.1 Å². The zero-order valence-electron chi connectivity index (χ0n) is 17.6. The zero-order chi connectivity index (χ0) is 21.7. The fraction of sp³-hybridized carbons (Fsp3) is 0.667. The Kier molecular flexibility index (Phi) is 7.70. The van der Waals surface area contributed by atoms with E-state index in [0.29, 0.717) is 25.3 Å². The van der Waals surface area contributed by atoms with Crippen molar-refractivity contribution in [2.45, 2.75) is 62.6 Å². The van der Waals surface area contributed by atoms with Gasteiger partial charge in [-0.25, -0.2) is 22.3 Å². The van der Waals surface area contributed by atoms with Crippen molar-refractivity contribution in [1.29, 1.82) is 0 Å². The van der Waals surface area contributed by atoms with Gasteiger partial charge < -0.3 is 14.4 Å². The van der Waals surface area contributed by atoms with Crippen LogP contribution in [-0.2, 0) is 19.5 Å². The molecule has 2 fully saturated rings. The minimum atomic E-state index is -3.41. The molecular weight excluding hydrogens is 411 g/mol. The Morgan fingerprint density at radius 3 is 2.60 bits per heavy atom. The quantitative estimate of drug-likeness (QED) is 0.732. The molecule has 30 heavy (non-hydrogen) atoms. The van der Waals surface area contributed by atoms with E-state index in [2.05, 4.69) is 4.72 Å². The lowest BCUT2D eigenvalue weighted by Gasteiger charge is -2.41. The first kappa shape index (κ1) is 23.0. The SMILES string of the molecule is COC(=O)N1CCC[C@H](NS(C)(=O)=O)[C@@H]1CO[C@H]1CC[C@@H](c2cccc(F)c2)CC1. The average Bonchev–Trinajstić information content (AvgIpc) is 2.71. The number of carbonyl (C=O) groups is 1. The number of carbonyl (C=O) groups excluding carboxylic acids is 1. The van der Waals surface area contributed by atoms with Gasteiger partial charge in [-0.15, -0.1) is 0 Å². The van der Waals surface area contributed by atoms with Crippen LogP contribution >= 0.6 is 0 Å². The predicted molar refractivity (Wildman–Crippen MR) is 111 cm³/mol. The third-order valence-electron chi connectivity index (χ3n) is 6.05. The summed E-state index contributed by atoms with van der Waals surface area (Å²) in [6.07, 6.45) is 5.52. The Labute approximate surface area is 178 Å². The molecule has 2 aliphatic rings. The van der Waals surface area contributed by atoms with Crippen LogP contribution in [0.3, 0.4) is 0 Å². The number of methoxy groups -OCH3 is 1. The summed E-state index contributed by atoms with van der Waals surface area (Å²) in [6, 6.07) is 5.94. The summed E-state index contributed by atoms with van der Waals surface area (Å²) in [4.78, 5) is 13.8. The number of piperidine rings is 1. The van der Waals surface area contributed by atoms with Crippen molar-refractivity contribution in [3.63, 3.8) is 0 Å². The first-order chi connectivity index (χ1) is 14.3. The monoisotopic (exact) mass is 442 g/mol. The van der Waals surface area contributed by atoms with Gasteiger partial charge in [0.1, 0.15) is 5.82 Å². The summed E-state index contributed by atoms with van der Waals surface area (Å²) < 4.78 is 50.7. The molecule has 0 radical (unpaired) electrons. The second-order valence-corrected chi connectivity index (χ2v) is 10.0. The standard InChI is InChI=1S/C21H31FN2O5S/c1-28-21(25)24-12-4-7-19(23-30(2,26)27)20(24)14-29-18-10-8-15(9-11-18)16-5-3-6-17(22)13-16/h3,5-6,13,15,18-20,23H,4,7-12,14H2,1-2H3/t15-,18+,19-,20-/m0/s1. The van der Waals surface area contributed by atoms with Gasteiger partial charge in [-0.05, 0) is 62.1 Å². The van der Waals surface area contributed by atoms with Gasteiger partial charge in [0.2, 0.25) is 10.0 Å². The van der Waals surface area contributed by atoms with Crippen LogP contribution in [0.5, 0.6) is 0 Å². The molecule has 1 aromatic rings. The number of likely N-dealkylation sites (tertiary alicyclic amines) is 1. The summed E-state index contributed by atoms with van der Waals surface area (Å²) in [5.41, 5.74) is 1.02. The van der Waals surface area contributed by atoms with Gasteiger partial charge in [-0.1, -0.05) is 12.1 Å². The van der Waals surface area contributed by atoms with Crippen molar-refractivity contribution >= 4 is 16.1 Å². The minimum Gasteiger partial charge on any atom is -0.453 e. The second kappa shape index (κ2) is 10.1. The van der Waals surface area contributed by atoms with Gasteiger partial charge in [0, 0.05) is 12.6 Å². The topological polar surface area (TPSA) is 84.9 Å². The molecule has 0 bridgehead atoms. The van der Waals surface area contributed by atoms with Crippen LogP contribution < -0.4 is 4.72 Å². The summed E-state index contributed by atoms with van der Waals surface area (Å²) in [7, 11) is -2.09. The number of nitrogens with zero attached hydrogens (tertiary/aromatic N) is 1. The van der Waals surface area contributed by atoms with Crippen molar-refractivity contribution in [3.05, 3.63) is 35.6 Å². The molecule has 1 amide bonds. The molecule has 9 heteroatoms. The van der Waals surface area contributed by atoms with Gasteiger partial charge in [0.15, 0.2) is 0 Å². The van der Waals surface area contributed by atoms with Crippen LogP contribution in [0.2, 0.25) is 0 Å². The highest BCUT2D eigenvalue weighted by molar-refractivity contribution is 7.88. The molecule has 1 saturated carbocycles. The van der Waals surface area contributed by atoms with Crippen molar-refractivity contribution < 1.29 is 27.1 Å². The summed E-state index contributed by atoms with van der Waals surface area (Å²) in [5, 5.41) is 0. The Balaban J connectivity index is 1.59. The third-order valence-corrected chi connectivity index (χ3v) is 6.78.